The molecular formula is C23H26N4O3S2. The monoisotopic (exact) mass is 470 g/mol. The van der Waals surface area contributed by atoms with Crippen LogP contribution in [0.15, 0.2) is 60.0 Å². The molecule has 32 heavy (non-hydrogen) atoms. The van der Waals surface area contributed by atoms with E-state index in [4.69, 9.17) is 0 Å². The first-order chi connectivity index (χ1) is 15.4. The van der Waals surface area contributed by atoms with Crippen molar-refractivity contribution in [3.8, 4) is 0 Å². The van der Waals surface area contributed by atoms with Crippen LogP contribution in [0.4, 0.5) is 0 Å². The molecule has 1 amide bonds. The Bertz CT molecular complexity index is 1170. The van der Waals surface area contributed by atoms with Crippen LogP contribution < -0.4 is 0 Å². The van der Waals surface area contributed by atoms with Crippen LogP contribution in [0.25, 0.3) is 16.3 Å². The van der Waals surface area contributed by atoms with E-state index in [0.717, 1.165) is 20.8 Å². The molecule has 1 aromatic heterocycles. The van der Waals surface area contributed by atoms with E-state index in [1.54, 1.807) is 22.3 Å². The van der Waals surface area contributed by atoms with Crippen LogP contribution >= 0.6 is 11.3 Å². The van der Waals surface area contributed by atoms with Crippen molar-refractivity contribution < 1.29 is 13.2 Å². The Kier molecular flexibility index (Phi) is 7.00. The van der Waals surface area contributed by atoms with Gasteiger partial charge >= 0.3 is 0 Å². The number of likely N-dealkylation sites (N-methyl/N-ethyl adjacent to an activating group) is 1. The third-order valence-electron chi connectivity index (χ3n) is 5.33. The van der Waals surface area contributed by atoms with Crippen molar-refractivity contribution in [2.45, 2.75) is 6.54 Å². The zero-order valence-corrected chi connectivity index (χ0v) is 19.6. The van der Waals surface area contributed by atoms with Gasteiger partial charge in [-0.2, -0.15) is 4.31 Å². The van der Waals surface area contributed by atoms with E-state index in [0.29, 0.717) is 32.7 Å². The fraction of sp³-hybridized carbons (Fsp3) is 0.304. The lowest BCUT2D eigenvalue weighted by Crippen LogP contribution is -2.51. The highest BCUT2D eigenvalue weighted by Gasteiger charge is 2.27. The Labute approximate surface area is 192 Å². The van der Waals surface area contributed by atoms with Crippen LogP contribution in [-0.2, 0) is 21.4 Å². The average molecular weight is 471 g/mol. The summed E-state index contributed by atoms with van der Waals surface area (Å²) in [6.07, 6.45) is 1.60. The second kappa shape index (κ2) is 9.91. The number of rotatable bonds is 7. The second-order valence-corrected chi connectivity index (χ2v) is 10.7. The maximum Gasteiger partial charge on any atom is 0.236 e. The van der Waals surface area contributed by atoms with Gasteiger partial charge in [0.25, 0.3) is 0 Å². The first-order valence-corrected chi connectivity index (χ1v) is 12.8. The van der Waals surface area contributed by atoms with Gasteiger partial charge in [0.05, 0.1) is 23.3 Å². The van der Waals surface area contributed by atoms with Gasteiger partial charge in [-0.15, -0.1) is 11.3 Å². The van der Waals surface area contributed by atoms with Gasteiger partial charge in [0.2, 0.25) is 15.9 Å². The minimum Gasteiger partial charge on any atom is -0.339 e. The molecule has 1 saturated heterocycles. The minimum atomic E-state index is -3.51. The van der Waals surface area contributed by atoms with E-state index in [1.165, 1.54) is 9.71 Å². The van der Waals surface area contributed by atoms with Crippen molar-refractivity contribution in [1.82, 2.24) is 19.1 Å². The lowest BCUT2D eigenvalue weighted by atomic mass is 10.2. The lowest BCUT2D eigenvalue weighted by molar-refractivity contribution is -0.133. The van der Waals surface area contributed by atoms with Gasteiger partial charge < -0.3 is 4.90 Å². The average Bonchev–Trinajstić information content (AvgIpc) is 3.20. The molecule has 1 fully saturated rings. The Morgan fingerprint density at radius 2 is 1.75 bits per heavy atom. The van der Waals surface area contributed by atoms with Crippen molar-refractivity contribution in [2.75, 3.05) is 39.8 Å². The van der Waals surface area contributed by atoms with Crippen molar-refractivity contribution >= 4 is 43.6 Å². The topological polar surface area (TPSA) is 73.8 Å². The molecule has 1 aliphatic heterocycles. The van der Waals surface area contributed by atoms with Crippen molar-refractivity contribution in [3.63, 3.8) is 0 Å². The summed E-state index contributed by atoms with van der Waals surface area (Å²) >= 11 is 1.64. The van der Waals surface area contributed by atoms with Crippen molar-refractivity contribution in [3.05, 3.63) is 70.6 Å². The van der Waals surface area contributed by atoms with Crippen LogP contribution in [0.5, 0.6) is 0 Å². The molecule has 7 nitrogen and oxygen atoms in total. The Hall–Kier alpha value is -2.59. The van der Waals surface area contributed by atoms with E-state index in [2.05, 4.69) is 4.98 Å². The number of fused-ring (bicyclic) bond motifs is 1. The first kappa shape index (κ1) is 22.6. The number of hydrogen-bond donors (Lipinski definition) is 0. The SMILES string of the molecule is CN(CC(=O)N1CCN(S(=O)(=O)/C=C/c2ccccc2)CC1)Cc1nc2ccccc2s1. The third-order valence-corrected chi connectivity index (χ3v) is 7.92. The summed E-state index contributed by atoms with van der Waals surface area (Å²) in [5, 5.41) is 2.22. The number of sulfonamides is 1. The molecule has 4 rings (SSSR count). The zero-order chi connectivity index (χ0) is 22.6. The van der Waals surface area contributed by atoms with Crippen LogP contribution in [0.2, 0.25) is 0 Å². The van der Waals surface area contributed by atoms with Gasteiger partial charge in [-0.1, -0.05) is 42.5 Å². The number of carbonyl (C=O) groups is 1. The van der Waals surface area contributed by atoms with Gasteiger partial charge in [-0.05, 0) is 30.8 Å². The summed E-state index contributed by atoms with van der Waals surface area (Å²) in [6, 6.07) is 17.3. The minimum absolute atomic E-state index is 0.00508. The Morgan fingerprint density at radius 3 is 2.47 bits per heavy atom. The molecule has 0 atom stereocenters. The molecule has 0 spiro atoms. The molecule has 0 radical (unpaired) electrons. The zero-order valence-electron chi connectivity index (χ0n) is 17.9. The number of benzene rings is 2. The summed E-state index contributed by atoms with van der Waals surface area (Å²) in [7, 11) is -1.61. The van der Waals surface area contributed by atoms with E-state index in [-0.39, 0.29) is 12.5 Å². The van der Waals surface area contributed by atoms with E-state index >= 15 is 0 Å². The quantitative estimate of drug-likeness (QED) is 0.531. The summed E-state index contributed by atoms with van der Waals surface area (Å²) in [4.78, 5) is 21.0. The number of aromatic nitrogens is 1. The Balaban J connectivity index is 1.27. The molecule has 0 saturated carbocycles. The molecule has 3 aromatic rings. The highest BCUT2D eigenvalue weighted by molar-refractivity contribution is 7.92. The highest BCUT2D eigenvalue weighted by atomic mass is 32.2. The van der Waals surface area contributed by atoms with E-state index in [9.17, 15) is 13.2 Å². The van der Waals surface area contributed by atoms with Gasteiger partial charge in [0.1, 0.15) is 5.01 Å². The third kappa shape index (κ3) is 5.60. The van der Waals surface area contributed by atoms with Gasteiger partial charge in [0.15, 0.2) is 0 Å². The summed E-state index contributed by atoms with van der Waals surface area (Å²) in [5.41, 5.74) is 1.81. The van der Waals surface area contributed by atoms with Crippen molar-refractivity contribution in [2.24, 2.45) is 0 Å². The molecule has 0 N–H and O–H groups in total. The normalized spacial score (nSPS) is 15.8. The predicted octanol–water partition coefficient (Wildman–Crippen LogP) is 2.87. The van der Waals surface area contributed by atoms with Gasteiger partial charge in [0, 0.05) is 31.6 Å². The number of para-hydroxylation sites is 1. The highest BCUT2D eigenvalue weighted by Crippen LogP contribution is 2.22. The smallest absolute Gasteiger partial charge is 0.236 e. The molecule has 0 unspecified atom stereocenters. The molecule has 168 valence electrons. The van der Waals surface area contributed by atoms with Gasteiger partial charge in [-0.3, -0.25) is 9.69 Å². The Morgan fingerprint density at radius 1 is 1.06 bits per heavy atom. The van der Waals surface area contributed by atoms with Crippen LogP contribution in [0, 0.1) is 0 Å². The molecule has 1 aliphatic rings. The van der Waals surface area contributed by atoms with E-state index < -0.39 is 10.0 Å². The number of carbonyl (C=O) groups excluding carboxylic acids is 1. The van der Waals surface area contributed by atoms with Crippen LogP contribution in [0.1, 0.15) is 10.6 Å². The summed E-state index contributed by atoms with van der Waals surface area (Å²) in [5.74, 6) is 0.00508. The van der Waals surface area contributed by atoms with Crippen molar-refractivity contribution in [1.29, 1.82) is 0 Å². The number of amides is 1. The number of nitrogens with zero attached hydrogens (tertiary/aromatic N) is 4. The van der Waals surface area contributed by atoms with Crippen LogP contribution in [0.3, 0.4) is 0 Å². The molecule has 0 aliphatic carbocycles. The summed E-state index contributed by atoms with van der Waals surface area (Å²) in [6.45, 7) is 2.27. The molecule has 9 heteroatoms. The lowest BCUT2D eigenvalue weighted by Gasteiger charge is -2.34. The van der Waals surface area contributed by atoms with Gasteiger partial charge in [-0.25, -0.2) is 13.4 Å². The second-order valence-electron chi connectivity index (χ2n) is 7.79. The standard InChI is InChI=1S/C23H26N4O3S2/c1-25(17-22-24-20-9-5-6-10-21(20)31-22)18-23(28)26-12-14-27(15-13-26)32(29,30)16-11-19-7-3-2-4-8-19/h2-11,16H,12-15,17-18H2,1H3/b16-11+. The molecule has 2 aromatic carbocycles. The van der Waals surface area contributed by atoms with Crippen LogP contribution in [-0.4, -0.2) is 73.2 Å². The fourth-order valence-corrected chi connectivity index (χ4v) is 5.83. The maximum atomic E-state index is 12.7. The molecular weight excluding hydrogens is 444 g/mol. The predicted molar refractivity (Wildman–Crippen MR) is 129 cm³/mol. The number of thiazole rings is 1. The fourth-order valence-electron chi connectivity index (χ4n) is 3.61. The number of hydrogen-bond acceptors (Lipinski definition) is 6. The molecule has 2 heterocycles. The number of piperazine rings is 1. The largest absolute Gasteiger partial charge is 0.339 e. The molecule has 0 bridgehead atoms. The first-order valence-electron chi connectivity index (χ1n) is 10.4. The maximum absolute atomic E-state index is 12.7. The summed E-state index contributed by atoms with van der Waals surface area (Å²) < 4.78 is 27.8. The van der Waals surface area contributed by atoms with E-state index in [1.807, 2.05) is 66.5 Å².